The smallest absolute Gasteiger partial charge is 0.422 e. The third kappa shape index (κ3) is 5.89. The monoisotopic (exact) mass is 524 g/mol. The number of nitrogens with one attached hydrogen (secondary N) is 2. The number of amides is 1. The maximum atomic E-state index is 13.0. The summed E-state index contributed by atoms with van der Waals surface area (Å²) >= 11 is 5.89. The second kappa shape index (κ2) is 9.55. The molecule has 0 atom stereocenters. The van der Waals surface area contributed by atoms with E-state index in [1.807, 2.05) is 0 Å². The lowest BCUT2D eigenvalue weighted by Gasteiger charge is -2.12. The van der Waals surface area contributed by atoms with E-state index in [0.29, 0.717) is 22.2 Å². The topological polar surface area (TPSA) is 114 Å². The number of halogens is 4. The molecule has 4 rings (SSSR count). The van der Waals surface area contributed by atoms with Gasteiger partial charge in [0, 0.05) is 23.2 Å². The van der Waals surface area contributed by atoms with Gasteiger partial charge in [0.05, 0.1) is 21.6 Å². The highest BCUT2D eigenvalue weighted by Crippen LogP contribution is 2.29. The summed E-state index contributed by atoms with van der Waals surface area (Å²) in [7, 11) is -4.09. The number of hydrogen-bond acceptors (Lipinski definition) is 6. The summed E-state index contributed by atoms with van der Waals surface area (Å²) in [5.74, 6) is -0.696. The third-order valence-electron chi connectivity index (χ3n) is 4.80. The maximum absolute atomic E-state index is 13.0. The van der Waals surface area contributed by atoms with Crippen LogP contribution in [0.15, 0.2) is 70.7 Å². The van der Waals surface area contributed by atoms with Gasteiger partial charge in [0.1, 0.15) is 5.75 Å². The van der Waals surface area contributed by atoms with Crippen molar-refractivity contribution in [1.82, 2.24) is 20.5 Å². The molecule has 2 N–H and O–H groups in total. The Bertz CT molecular complexity index is 1490. The van der Waals surface area contributed by atoms with Crippen LogP contribution in [-0.2, 0) is 16.4 Å². The van der Waals surface area contributed by atoms with Crippen LogP contribution in [0.3, 0.4) is 0 Å². The minimum absolute atomic E-state index is 0.0920. The molecule has 4 aromatic rings. The first-order chi connectivity index (χ1) is 16.5. The molecule has 13 heteroatoms. The molecule has 0 radical (unpaired) electrons. The Kier molecular flexibility index (Phi) is 6.68. The van der Waals surface area contributed by atoms with Crippen molar-refractivity contribution < 1.29 is 31.1 Å². The molecule has 2 heterocycles. The van der Waals surface area contributed by atoms with Crippen LogP contribution in [0.1, 0.15) is 15.9 Å². The van der Waals surface area contributed by atoms with Gasteiger partial charge in [-0.1, -0.05) is 23.7 Å². The molecule has 0 saturated heterocycles. The zero-order chi connectivity index (χ0) is 25.2. The van der Waals surface area contributed by atoms with Crippen molar-refractivity contribution in [2.75, 3.05) is 6.61 Å². The predicted molar refractivity (Wildman–Crippen MR) is 120 cm³/mol. The van der Waals surface area contributed by atoms with Gasteiger partial charge in [0.15, 0.2) is 12.3 Å². The molecule has 182 valence electrons. The lowest BCUT2D eigenvalue weighted by molar-refractivity contribution is -0.153. The highest BCUT2D eigenvalue weighted by molar-refractivity contribution is 7.91. The summed E-state index contributed by atoms with van der Waals surface area (Å²) in [6.07, 6.45) is -1.64. The number of carbonyl (C=O) groups is 1. The van der Waals surface area contributed by atoms with Crippen molar-refractivity contribution in [2.45, 2.75) is 22.5 Å². The Labute approximate surface area is 202 Å². The predicted octanol–water partition coefficient (Wildman–Crippen LogP) is 4.32. The Morgan fingerprint density at radius 2 is 1.80 bits per heavy atom. The van der Waals surface area contributed by atoms with Crippen molar-refractivity contribution in [2.24, 2.45) is 0 Å². The van der Waals surface area contributed by atoms with Crippen LogP contribution in [0.4, 0.5) is 13.2 Å². The summed E-state index contributed by atoms with van der Waals surface area (Å²) < 4.78 is 67.8. The first kappa shape index (κ1) is 24.5. The van der Waals surface area contributed by atoms with Gasteiger partial charge in [-0.3, -0.25) is 9.89 Å². The minimum atomic E-state index is -4.59. The van der Waals surface area contributed by atoms with Crippen molar-refractivity contribution >= 4 is 38.4 Å². The maximum Gasteiger partial charge on any atom is 0.422 e. The minimum Gasteiger partial charge on any atom is -0.484 e. The van der Waals surface area contributed by atoms with E-state index in [1.165, 1.54) is 30.5 Å². The average molecular weight is 525 g/mol. The lowest BCUT2D eigenvalue weighted by Crippen LogP contribution is -2.22. The number of rotatable bonds is 7. The Hall–Kier alpha value is -3.64. The van der Waals surface area contributed by atoms with Gasteiger partial charge >= 0.3 is 6.18 Å². The highest BCUT2D eigenvalue weighted by Gasteiger charge is 2.29. The Balaban J connectivity index is 1.45. The zero-order valence-electron chi connectivity index (χ0n) is 17.6. The molecule has 2 aromatic heterocycles. The number of fused-ring (bicyclic) bond motifs is 1. The molecule has 35 heavy (non-hydrogen) atoms. The number of aromatic amines is 1. The van der Waals surface area contributed by atoms with E-state index in [1.54, 1.807) is 12.3 Å². The Morgan fingerprint density at radius 3 is 2.51 bits per heavy atom. The fourth-order valence-corrected chi connectivity index (χ4v) is 4.72. The van der Waals surface area contributed by atoms with E-state index in [-0.39, 0.29) is 33.0 Å². The van der Waals surface area contributed by atoms with Crippen molar-refractivity contribution in [3.05, 3.63) is 77.1 Å². The summed E-state index contributed by atoms with van der Waals surface area (Å²) in [4.78, 5) is 16.1. The Morgan fingerprint density at radius 1 is 1.06 bits per heavy atom. The van der Waals surface area contributed by atoms with Crippen LogP contribution < -0.4 is 10.1 Å². The van der Waals surface area contributed by atoms with Gasteiger partial charge in [-0.05, 0) is 42.0 Å². The van der Waals surface area contributed by atoms with Gasteiger partial charge in [0.25, 0.3) is 5.91 Å². The van der Waals surface area contributed by atoms with Gasteiger partial charge in [0.2, 0.25) is 9.84 Å². The summed E-state index contributed by atoms with van der Waals surface area (Å²) in [6, 6.07) is 10.5. The van der Waals surface area contributed by atoms with E-state index in [0.717, 1.165) is 18.2 Å². The summed E-state index contributed by atoms with van der Waals surface area (Å²) in [5.41, 5.74) is 1.51. The molecule has 0 unspecified atom stereocenters. The second-order valence-corrected chi connectivity index (χ2v) is 9.77. The van der Waals surface area contributed by atoms with Crippen LogP contribution in [0.2, 0.25) is 5.02 Å². The first-order valence-electron chi connectivity index (χ1n) is 9.93. The summed E-state index contributed by atoms with van der Waals surface area (Å²) in [5, 5.41) is 9.84. The van der Waals surface area contributed by atoms with Crippen molar-refractivity contribution in [1.29, 1.82) is 0 Å². The number of hydrogen-bond donors (Lipinski definition) is 2. The SMILES string of the molecule is O=C(NCc1ccc(S(=O)(=O)c2cc(Cl)cc(OCC(F)(F)F)c2)cc1)c1cnc2[nH]ncc2c1. The fraction of sp³-hybridized carbons (Fsp3) is 0.136. The number of sulfone groups is 1. The fourth-order valence-electron chi connectivity index (χ4n) is 3.11. The number of alkyl halides is 3. The molecule has 0 bridgehead atoms. The van der Waals surface area contributed by atoms with E-state index in [4.69, 9.17) is 11.6 Å². The lowest BCUT2D eigenvalue weighted by atomic mass is 10.2. The number of carbonyl (C=O) groups excluding carboxylic acids is 1. The number of ether oxygens (including phenoxy) is 1. The number of aromatic nitrogens is 3. The van der Waals surface area contributed by atoms with E-state index in [9.17, 15) is 26.4 Å². The molecule has 0 aliphatic rings. The molecule has 0 saturated carbocycles. The molecule has 0 aliphatic heterocycles. The van der Waals surface area contributed by atoms with E-state index >= 15 is 0 Å². The molecule has 0 aliphatic carbocycles. The van der Waals surface area contributed by atoms with Crippen LogP contribution >= 0.6 is 11.6 Å². The third-order valence-corrected chi connectivity index (χ3v) is 6.77. The summed E-state index contributed by atoms with van der Waals surface area (Å²) in [6.45, 7) is -1.46. The average Bonchev–Trinajstić information content (AvgIpc) is 3.29. The van der Waals surface area contributed by atoms with Gasteiger partial charge < -0.3 is 10.1 Å². The highest BCUT2D eigenvalue weighted by atomic mass is 35.5. The van der Waals surface area contributed by atoms with Crippen LogP contribution in [0.25, 0.3) is 11.0 Å². The molecule has 0 spiro atoms. The van der Waals surface area contributed by atoms with Crippen LogP contribution in [0, 0.1) is 0 Å². The second-order valence-electron chi connectivity index (χ2n) is 7.39. The number of benzene rings is 2. The normalized spacial score (nSPS) is 12.0. The van der Waals surface area contributed by atoms with Gasteiger partial charge in [-0.15, -0.1) is 0 Å². The van der Waals surface area contributed by atoms with Crippen molar-refractivity contribution in [3.8, 4) is 5.75 Å². The quantitative estimate of drug-likeness (QED) is 0.372. The largest absolute Gasteiger partial charge is 0.484 e. The van der Waals surface area contributed by atoms with E-state index < -0.39 is 22.6 Å². The van der Waals surface area contributed by atoms with Crippen LogP contribution in [-0.4, -0.2) is 42.3 Å². The molecule has 2 aromatic carbocycles. The molecular formula is C22H16ClF3N4O4S. The number of H-pyrrole nitrogens is 1. The van der Waals surface area contributed by atoms with Gasteiger partial charge in [-0.25, -0.2) is 13.4 Å². The van der Waals surface area contributed by atoms with Gasteiger partial charge in [-0.2, -0.15) is 18.3 Å². The molecular weight excluding hydrogens is 509 g/mol. The van der Waals surface area contributed by atoms with E-state index in [2.05, 4.69) is 25.2 Å². The molecule has 8 nitrogen and oxygen atoms in total. The zero-order valence-corrected chi connectivity index (χ0v) is 19.2. The first-order valence-corrected chi connectivity index (χ1v) is 11.8. The molecule has 1 amide bonds. The van der Waals surface area contributed by atoms with Crippen molar-refractivity contribution in [3.63, 3.8) is 0 Å². The standard InChI is InChI=1S/C22H16ClF3N4O4S/c23-16-6-17(34-12-22(24,25)26)8-19(7-16)35(32,33)18-3-1-13(2-4-18)9-28-21(31)15-5-14-11-29-30-20(14)27-10-15/h1-8,10-11H,9,12H2,(H,28,31)(H,27,29,30). The molecule has 0 fully saturated rings. The number of nitrogens with zero attached hydrogens (tertiary/aromatic N) is 2. The van der Waals surface area contributed by atoms with Crippen LogP contribution in [0.5, 0.6) is 5.75 Å². The number of pyridine rings is 1.